The van der Waals surface area contributed by atoms with E-state index in [1.807, 2.05) is 0 Å². The number of hydrogen-bond acceptors (Lipinski definition) is 7. The Kier molecular flexibility index (Phi) is 7.26. The van der Waals surface area contributed by atoms with Gasteiger partial charge < -0.3 is 21.4 Å². The molecule has 12 heteroatoms. The van der Waals surface area contributed by atoms with Crippen LogP contribution in [0.5, 0.6) is 0 Å². The van der Waals surface area contributed by atoms with Gasteiger partial charge >= 0.3 is 0 Å². The van der Waals surface area contributed by atoms with Crippen LogP contribution in [-0.4, -0.2) is 32.9 Å². The number of nitrogens with zero attached hydrogens (tertiary/aromatic N) is 3. The van der Waals surface area contributed by atoms with Gasteiger partial charge in [-0.1, -0.05) is 30.3 Å². The minimum atomic E-state index is -0.797. The first-order valence-corrected chi connectivity index (χ1v) is 14.1. The van der Waals surface area contributed by atoms with Gasteiger partial charge in [0.05, 0.1) is 16.8 Å². The van der Waals surface area contributed by atoms with E-state index >= 15 is 4.39 Å². The van der Waals surface area contributed by atoms with E-state index in [1.165, 1.54) is 17.5 Å². The molecule has 1 aliphatic rings. The summed E-state index contributed by atoms with van der Waals surface area (Å²) in [6.07, 6.45) is 4.12. The van der Waals surface area contributed by atoms with Gasteiger partial charge in [-0.15, -0.1) is 11.3 Å². The Morgan fingerprint density at radius 3 is 2.64 bits per heavy atom. The summed E-state index contributed by atoms with van der Waals surface area (Å²) in [7, 11) is 0. The molecule has 0 radical (unpaired) electrons. The summed E-state index contributed by atoms with van der Waals surface area (Å²) in [5.41, 5.74) is 6.70. The summed E-state index contributed by atoms with van der Waals surface area (Å²) >= 11 is 1.18. The standard InChI is InChI=1S/C30H24F3N7OS/c31-16-9-19-21(13-36-27(19)22(32)10-16)26-20(12-34)24(15-5-2-1-3-6-15)25(33)28(40-26)37-17-7-4-8-18(11-17)38-29(41)23-14-42-30(35)39-23/h1-3,5-6,9-10,13-14,17-18,36H,4,7-8,11H2,(H2,35,39)(H,37,40)(H,38,41)/t17-,18+/m1/s1. The SMILES string of the molecule is N#Cc1c(-c2c[nH]c3c(F)cc(F)cc23)nc(N[C@@H]2CCC[C@H](NC(=O)c3csc(N)n3)C2)c(F)c1-c1ccccc1. The van der Waals surface area contributed by atoms with E-state index in [0.717, 1.165) is 25.0 Å². The van der Waals surface area contributed by atoms with Crippen molar-refractivity contribution in [3.05, 3.63) is 82.8 Å². The van der Waals surface area contributed by atoms with Crippen molar-refractivity contribution in [1.29, 1.82) is 5.26 Å². The topological polar surface area (TPSA) is 133 Å². The maximum Gasteiger partial charge on any atom is 0.271 e. The molecule has 1 saturated carbocycles. The van der Waals surface area contributed by atoms with Gasteiger partial charge in [0.1, 0.15) is 23.4 Å². The lowest BCUT2D eigenvalue weighted by molar-refractivity contribution is 0.0922. The van der Waals surface area contributed by atoms with Crippen molar-refractivity contribution in [2.45, 2.75) is 37.8 Å². The van der Waals surface area contributed by atoms with E-state index in [-0.39, 0.29) is 62.8 Å². The Morgan fingerprint density at radius 1 is 1.12 bits per heavy atom. The van der Waals surface area contributed by atoms with Crippen LogP contribution < -0.4 is 16.4 Å². The number of aromatic nitrogens is 3. The molecule has 6 rings (SSSR count). The highest BCUT2D eigenvalue weighted by Crippen LogP contribution is 2.39. The number of pyridine rings is 1. The first kappa shape index (κ1) is 27.3. The second kappa shape index (κ2) is 11.2. The Morgan fingerprint density at radius 2 is 1.90 bits per heavy atom. The average Bonchev–Trinajstić information content (AvgIpc) is 3.61. The zero-order valence-corrected chi connectivity index (χ0v) is 22.9. The predicted octanol–water partition coefficient (Wildman–Crippen LogP) is 6.38. The molecule has 0 spiro atoms. The van der Waals surface area contributed by atoms with Gasteiger partial charge in [0.25, 0.3) is 5.91 Å². The van der Waals surface area contributed by atoms with Crippen molar-refractivity contribution >= 4 is 39.1 Å². The number of nitriles is 1. The number of hydrogen-bond donors (Lipinski definition) is 4. The molecular weight excluding hydrogens is 563 g/mol. The number of nitrogen functional groups attached to an aromatic ring is 1. The summed E-state index contributed by atoms with van der Waals surface area (Å²) < 4.78 is 45.0. The number of fused-ring (bicyclic) bond motifs is 1. The maximum atomic E-state index is 16.3. The molecule has 5 N–H and O–H groups in total. The predicted molar refractivity (Wildman–Crippen MR) is 155 cm³/mol. The fraction of sp³-hybridized carbons (Fsp3) is 0.200. The van der Waals surface area contributed by atoms with Crippen molar-refractivity contribution in [3.8, 4) is 28.5 Å². The zero-order chi connectivity index (χ0) is 29.4. The van der Waals surface area contributed by atoms with Gasteiger partial charge in [0.2, 0.25) is 0 Å². The van der Waals surface area contributed by atoms with Crippen molar-refractivity contribution < 1.29 is 18.0 Å². The number of benzene rings is 2. The van der Waals surface area contributed by atoms with Crippen LogP contribution in [-0.2, 0) is 0 Å². The first-order valence-electron chi connectivity index (χ1n) is 13.3. The number of H-pyrrole nitrogens is 1. The minimum Gasteiger partial charge on any atom is -0.375 e. The molecule has 2 atom stereocenters. The number of rotatable bonds is 6. The largest absolute Gasteiger partial charge is 0.375 e. The fourth-order valence-corrected chi connectivity index (χ4v) is 6.03. The van der Waals surface area contributed by atoms with Gasteiger partial charge in [-0.25, -0.2) is 23.1 Å². The highest BCUT2D eigenvalue weighted by atomic mass is 32.1. The lowest BCUT2D eigenvalue weighted by Gasteiger charge is -2.31. The molecule has 2 aromatic carbocycles. The summed E-state index contributed by atoms with van der Waals surface area (Å²) in [6.45, 7) is 0. The Labute approximate surface area is 242 Å². The number of anilines is 2. The molecule has 1 aliphatic carbocycles. The van der Waals surface area contributed by atoms with Crippen molar-refractivity contribution in [3.63, 3.8) is 0 Å². The molecule has 3 heterocycles. The summed E-state index contributed by atoms with van der Waals surface area (Å²) in [4.78, 5) is 24.0. The van der Waals surface area contributed by atoms with E-state index in [4.69, 9.17) is 5.73 Å². The van der Waals surface area contributed by atoms with E-state index in [2.05, 4.69) is 31.7 Å². The summed E-state index contributed by atoms with van der Waals surface area (Å²) in [6, 6.07) is 12.1. The van der Waals surface area contributed by atoms with E-state index in [1.54, 1.807) is 35.7 Å². The van der Waals surface area contributed by atoms with Gasteiger partial charge in [0, 0.05) is 46.2 Å². The first-order chi connectivity index (χ1) is 20.3. The second-order valence-electron chi connectivity index (χ2n) is 10.1. The number of aromatic amines is 1. The molecule has 1 amide bonds. The zero-order valence-electron chi connectivity index (χ0n) is 22.0. The second-order valence-corrected chi connectivity index (χ2v) is 11.0. The van der Waals surface area contributed by atoms with Crippen LogP contribution in [0.2, 0.25) is 0 Å². The number of nitrogens with one attached hydrogen (secondary N) is 3. The van der Waals surface area contributed by atoms with Crippen LogP contribution in [0.15, 0.2) is 54.0 Å². The highest BCUT2D eigenvalue weighted by molar-refractivity contribution is 7.13. The Balaban J connectivity index is 1.39. The van der Waals surface area contributed by atoms with E-state index < -0.39 is 17.5 Å². The number of amides is 1. The van der Waals surface area contributed by atoms with Gasteiger partial charge in [-0.3, -0.25) is 4.79 Å². The van der Waals surface area contributed by atoms with Gasteiger partial charge in [-0.2, -0.15) is 5.26 Å². The number of carbonyl (C=O) groups is 1. The van der Waals surface area contributed by atoms with Crippen LogP contribution >= 0.6 is 11.3 Å². The van der Waals surface area contributed by atoms with Crippen molar-refractivity contribution in [2.24, 2.45) is 0 Å². The molecular formula is C30H24F3N7OS. The van der Waals surface area contributed by atoms with Crippen LogP contribution in [0.1, 0.15) is 41.7 Å². The van der Waals surface area contributed by atoms with Crippen LogP contribution in [0.25, 0.3) is 33.3 Å². The third-order valence-corrected chi connectivity index (χ3v) is 8.05. The minimum absolute atomic E-state index is 0.0265. The molecule has 8 nitrogen and oxygen atoms in total. The van der Waals surface area contributed by atoms with E-state index in [9.17, 15) is 18.8 Å². The average molecular weight is 588 g/mol. The summed E-state index contributed by atoms with van der Waals surface area (Å²) in [5.74, 6) is -2.74. The monoisotopic (exact) mass is 587 g/mol. The molecule has 212 valence electrons. The smallest absolute Gasteiger partial charge is 0.271 e. The third-order valence-electron chi connectivity index (χ3n) is 7.38. The van der Waals surface area contributed by atoms with Crippen molar-refractivity contribution in [2.75, 3.05) is 11.1 Å². The molecule has 0 saturated heterocycles. The number of carbonyl (C=O) groups excluding carboxylic acids is 1. The molecule has 0 unspecified atom stereocenters. The lowest BCUT2D eigenvalue weighted by Crippen LogP contribution is -2.42. The van der Waals surface area contributed by atoms with Gasteiger partial charge in [-0.05, 0) is 37.3 Å². The molecule has 1 fully saturated rings. The fourth-order valence-electron chi connectivity index (χ4n) is 5.49. The lowest BCUT2D eigenvalue weighted by atomic mass is 9.90. The normalized spacial score (nSPS) is 16.7. The van der Waals surface area contributed by atoms with Crippen LogP contribution in [0.3, 0.4) is 0 Å². The number of halogens is 3. The number of thiazole rings is 1. The molecule has 0 bridgehead atoms. The maximum absolute atomic E-state index is 16.3. The third kappa shape index (κ3) is 5.14. The van der Waals surface area contributed by atoms with Gasteiger partial charge in [0.15, 0.2) is 16.8 Å². The molecule has 42 heavy (non-hydrogen) atoms. The highest BCUT2D eigenvalue weighted by Gasteiger charge is 2.29. The Hall–Kier alpha value is -4.89. The summed E-state index contributed by atoms with van der Waals surface area (Å²) in [5, 5.41) is 18.4. The molecule has 3 aromatic heterocycles. The molecule has 0 aliphatic heterocycles. The van der Waals surface area contributed by atoms with E-state index in [0.29, 0.717) is 23.5 Å². The van der Waals surface area contributed by atoms with Crippen LogP contribution in [0, 0.1) is 28.8 Å². The number of nitrogens with two attached hydrogens (primary N) is 1. The van der Waals surface area contributed by atoms with Crippen LogP contribution in [0.4, 0.5) is 24.1 Å². The molecule has 5 aromatic rings. The quantitative estimate of drug-likeness (QED) is 0.182. The Bertz CT molecular complexity index is 1850. The van der Waals surface area contributed by atoms with Crippen molar-refractivity contribution in [1.82, 2.24) is 20.3 Å².